The highest BCUT2D eigenvalue weighted by Gasteiger charge is 2.43. The number of benzene rings is 2. The minimum absolute atomic E-state index is 0.0530. The number of piperazine rings is 1. The monoisotopic (exact) mass is 532 g/mol. The van der Waals surface area contributed by atoms with Crippen molar-refractivity contribution in [2.24, 2.45) is 0 Å². The van der Waals surface area contributed by atoms with E-state index in [9.17, 15) is 9.59 Å². The second-order valence-corrected chi connectivity index (χ2v) is 11.1. The second kappa shape index (κ2) is 12.1. The highest BCUT2D eigenvalue weighted by atomic mass is 32.1. The fraction of sp³-hybridized carbons (Fsp3) is 0.400. The third kappa shape index (κ3) is 5.93. The summed E-state index contributed by atoms with van der Waals surface area (Å²) in [4.78, 5) is 35.2. The Hall–Kier alpha value is -3.20. The molecular formula is C30H36N4O3S. The highest BCUT2D eigenvalue weighted by molar-refractivity contribution is 7.09. The van der Waals surface area contributed by atoms with Crippen LogP contribution in [0.1, 0.15) is 32.8 Å². The number of rotatable bonds is 8. The van der Waals surface area contributed by atoms with Crippen molar-refractivity contribution in [1.29, 1.82) is 0 Å². The number of carbonyl (C=O) groups is 2. The topological polar surface area (TPSA) is 65.1 Å². The Morgan fingerprint density at radius 1 is 1.05 bits per heavy atom. The standard InChI is InChI=1S/C30H36N4O3S/c1-22-7-3-4-8-24(22)19-33(21-27-11-6-16-38-27)25-18-28(30(36)32-14-12-31-13-15-32)34(20-25)29(35)23-9-5-10-26(17-23)37-2/h3-11,16-17,25,28,31H,12-15,18-21H2,1-2H3. The third-order valence-corrected chi connectivity index (χ3v) is 8.52. The molecule has 2 aliphatic rings. The first kappa shape index (κ1) is 26.4. The first-order chi connectivity index (χ1) is 18.5. The van der Waals surface area contributed by atoms with Gasteiger partial charge in [0.15, 0.2) is 0 Å². The lowest BCUT2D eigenvalue weighted by molar-refractivity contribution is -0.135. The van der Waals surface area contributed by atoms with Crippen LogP contribution < -0.4 is 10.1 Å². The van der Waals surface area contributed by atoms with Crippen LogP contribution in [0.4, 0.5) is 0 Å². The number of hydrogen-bond acceptors (Lipinski definition) is 6. The van der Waals surface area contributed by atoms with Crippen LogP contribution >= 0.6 is 11.3 Å². The lowest BCUT2D eigenvalue weighted by Gasteiger charge is -2.32. The third-order valence-electron chi connectivity index (χ3n) is 7.66. The Labute approximate surface area is 229 Å². The summed E-state index contributed by atoms with van der Waals surface area (Å²) in [5.74, 6) is 0.569. The number of nitrogens with zero attached hydrogens (tertiary/aromatic N) is 3. The molecule has 0 spiro atoms. The van der Waals surface area contributed by atoms with Crippen LogP contribution in [-0.2, 0) is 17.9 Å². The summed E-state index contributed by atoms with van der Waals surface area (Å²) < 4.78 is 5.37. The van der Waals surface area contributed by atoms with Gasteiger partial charge in [0, 0.05) is 62.3 Å². The predicted octanol–water partition coefficient (Wildman–Crippen LogP) is 3.78. The Morgan fingerprint density at radius 3 is 2.61 bits per heavy atom. The van der Waals surface area contributed by atoms with Crippen LogP contribution in [0.2, 0.25) is 0 Å². The number of likely N-dealkylation sites (tertiary alicyclic amines) is 1. The zero-order valence-corrected chi connectivity index (χ0v) is 23.0. The Balaban J connectivity index is 1.45. The maximum atomic E-state index is 13.9. The van der Waals surface area contributed by atoms with E-state index in [0.29, 0.717) is 37.4 Å². The van der Waals surface area contributed by atoms with Gasteiger partial charge < -0.3 is 19.9 Å². The number of ether oxygens (including phenoxy) is 1. The molecule has 3 aromatic rings. The number of aryl methyl sites for hydroxylation is 1. The molecule has 8 heteroatoms. The van der Waals surface area contributed by atoms with E-state index in [1.807, 2.05) is 21.9 Å². The summed E-state index contributed by atoms with van der Waals surface area (Å²) >= 11 is 1.74. The molecule has 3 heterocycles. The van der Waals surface area contributed by atoms with E-state index >= 15 is 0 Å². The normalized spacial score (nSPS) is 19.7. The molecular weight excluding hydrogens is 496 g/mol. The van der Waals surface area contributed by atoms with Gasteiger partial charge in [-0.1, -0.05) is 36.4 Å². The first-order valence-corrected chi connectivity index (χ1v) is 14.2. The molecule has 0 radical (unpaired) electrons. The van der Waals surface area contributed by atoms with Gasteiger partial charge in [-0.2, -0.15) is 0 Å². The molecule has 2 atom stereocenters. The van der Waals surface area contributed by atoms with Crippen LogP contribution in [-0.4, -0.2) is 78.4 Å². The SMILES string of the molecule is COc1cccc(C(=O)N2CC(N(Cc3cccs3)Cc3ccccc3C)CC2C(=O)N2CCNCC2)c1. The molecule has 2 amide bonds. The average molecular weight is 533 g/mol. The molecule has 2 fully saturated rings. The van der Waals surface area contributed by atoms with Crippen molar-refractivity contribution in [1.82, 2.24) is 20.0 Å². The van der Waals surface area contributed by atoms with E-state index < -0.39 is 6.04 Å². The van der Waals surface area contributed by atoms with Crippen molar-refractivity contribution in [3.63, 3.8) is 0 Å². The number of nitrogens with one attached hydrogen (secondary N) is 1. The highest BCUT2D eigenvalue weighted by Crippen LogP contribution is 2.30. The van der Waals surface area contributed by atoms with Gasteiger partial charge in [0.2, 0.25) is 5.91 Å². The van der Waals surface area contributed by atoms with Crippen molar-refractivity contribution < 1.29 is 14.3 Å². The summed E-state index contributed by atoms with van der Waals surface area (Å²) in [5, 5.41) is 5.42. The van der Waals surface area contributed by atoms with Crippen LogP contribution in [0.5, 0.6) is 5.75 Å². The smallest absolute Gasteiger partial charge is 0.254 e. The molecule has 0 aliphatic carbocycles. The summed E-state index contributed by atoms with van der Waals surface area (Å²) in [6, 6.07) is 19.5. The zero-order chi connectivity index (χ0) is 26.5. The molecule has 200 valence electrons. The van der Waals surface area contributed by atoms with E-state index in [0.717, 1.165) is 26.2 Å². The summed E-state index contributed by atoms with van der Waals surface area (Å²) in [7, 11) is 1.60. The molecule has 2 aliphatic heterocycles. The van der Waals surface area contributed by atoms with Gasteiger partial charge in [0.1, 0.15) is 11.8 Å². The van der Waals surface area contributed by atoms with Crippen molar-refractivity contribution in [3.05, 3.63) is 87.6 Å². The lowest BCUT2D eigenvalue weighted by atomic mass is 10.1. The lowest BCUT2D eigenvalue weighted by Crippen LogP contribution is -2.53. The largest absolute Gasteiger partial charge is 0.497 e. The van der Waals surface area contributed by atoms with Crippen LogP contribution in [0.25, 0.3) is 0 Å². The average Bonchev–Trinajstić information content (AvgIpc) is 3.64. The van der Waals surface area contributed by atoms with Crippen molar-refractivity contribution in [2.75, 3.05) is 39.8 Å². The van der Waals surface area contributed by atoms with E-state index in [-0.39, 0.29) is 17.9 Å². The maximum absolute atomic E-state index is 13.9. The number of amides is 2. The van der Waals surface area contributed by atoms with Gasteiger partial charge in [-0.05, 0) is 54.1 Å². The molecule has 0 saturated carbocycles. The van der Waals surface area contributed by atoms with Crippen molar-refractivity contribution >= 4 is 23.2 Å². The molecule has 5 rings (SSSR count). The van der Waals surface area contributed by atoms with Crippen molar-refractivity contribution in [3.8, 4) is 5.75 Å². The van der Waals surface area contributed by atoms with Gasteiger partial charge in [-0.25, -0.2) is 0 Å². The van der Waals surface area contributed by atoms with Gasteiger partial charge in [-0.3, -0.25) is 14.5 Å². The minimum atomic E-state index is -0.487. The number of carbonyl (C=O) groups excluding carboxylic acids is 2. The molecule has 2 saturated heterocycles. The maximum Gasteiger partial charge on any atom is 0.254 e. The van der Waals surface area contributed by atoms with Crippen molar-refractivity contribution in [2.45, 2.75) is 38.5 Å². The minimum Gasteiger partial charge on any atom is -0.497 e. The molecule has 2 unspecified atom stereocenters. The van der Waals surface area contributed by atoms with E-state index in [2.05, 4.69) is 58.9 Å². The van der Waals surface area contributed by atoms with E-state index in [1.54, 1.807) is 30.6 Å². The fourth-order valence-electron chi connectivity index (χ4n) is 5.48. The predicted molar refractivity (Wildman–Crippen MR) is 150 cm³/mol. The molecule has 2 aromatic carbocycles. The summed E-state index contributed by atoms with van der Waals surface area (Å²) in [6.07, 6.45) is 0.621. The molecule has 1 aromatic heterocycles. The number of hydrogen-bond donors (Lipinski definition) is 1. The number of thiophene rings is 1. The molecule has 0 bridgehead atoms. The van der Waals surface area contributed by atoms with Gasteiger partial charge >= 0.3 is 0 Å². The summed E-state index contributed by atoms with van der Waals surface area (Å²) in [6.45, 7) is 7.11. The van der Waals surface area contributed by atoms with Gasteiger partial charge in [0.05, 0.1) is 7.11 Å². The Morgan fingerprint density at radius 2 is 1.87 bits per heavy atom. The molecule has 1 N–H and O–H groups in total. The van der Waals surface area contributed by atoms with Gasteiger partial charge in [0.25, 0.3) is 5.91 Å². The van der Waals surface area contributed by atoms with E-state index in [1.165, 1.54) is 16.0 Å². The fourth-order valence-corrected chi connectivity index (χ4v) is 6.21. The van der Waals surface area contributed by atoms with E-state index in [4.69, 9.17) is 4.74 Å². The number of methoxy groups -OCH3 is 1. The molecule has 38 heavy (non-hydrogen) atoms. The second-order valence-electron chi connectivity index (χ2n) is 10.1. The van der Waals surface area contributed by atoms with Crippen LogP contribution in [0.15, 0.2) is 66.0 Å². The summed E-state index contributed by atoms with van der Waals surface area (Å²) in [5.41, 5.74) is 3.07. The molecule has 7 nitrogen and oxygen atoms in total. The Kier molecular flexibility index (Phi) is 8.42. The first-order valence-electron chi connectivity index (χ1n) is 13.3. The quantitative estimate of drug-likeness (QED) is 0.478. The van der Waals surface area contributed by atoms with Crippen LogP contribution in [0, 0.1) is 6.92 Å². The zero-order valence-electron chi connectivity index (χ0n) is 22.1. The van der Waals surface area contributed by atoms with Crippen LogP contribution in [0.3, 0.4) is 0 Å². The Bertz CT molecular complexity index is 1240. The van der Waals surface area contributed by atoms with Gasteiger partial charge in [-0.15, -0.1) is 11.3 Å².